The molecule has 0 N–H and O–H groups in total. The van der Waals surface area contributed by atoms with E-state index in [1.54, 1.807) is 32.3 Å². The van der Waals surface area contributed by atoms with E-state index >= 15 is 0 Å². The van der Waals surface area contributed by atoms with Crippen LogP contribution < -0.4 is 9.47 Å². The molecule has 116 valence electrons. The molecule has 0 bridgehead atoms. The van der Waals surface area contributed by atoms with Gasteiger partial charge in [-0.25, -0.2) is 0 Å². The molecule has 0 saturated heterocycles. The second kappa shape index (κ2) is 8.25. The van der Waals surface area contributed by atoms with Crippen LogP contribution in [-0.4, -0.2) is 38.6 Å². The molecule has 0 saturated carbocycles. The van der Waals surface area contributed by atoms with Crippen LogP contribution >= 0.6 is 15.9 Å². The van der Waals surface area contributed by atoms with Crippen molar-refractivity contribution in [3.63, 3.8) is 0 Å². The quantitative estimate of drug-likeness (QED) is 0.442. The summed E-state index contributed by atoms with van der Waals surface area (Å²) in [6.07, 6.45) is 3.14. The molecule has 1 rings (SSSR count). The fourth-order valence-corrected chi connectivity index (χ4v) is 2.06. The van der Waals surface area contributed by atoms with Gasteiger partial charge in [-0.1, -0.05) is 28.6 Å². The van der Waals surface area contributed by atoms with E-state index in [1.165, 1.54) is 18.1 Å². The van der Waals surface area contributed by atoms with Crippen molar-refractivity contribution in [3.8, 4) is 17.6 Å². The predicted octanol–water partition coefficient (Wildman–Crippen LogP) is 3.02. The SMILES string of the molecule is C=CCOc1cc(Br)c(C=C(C#N)C(=O)N(C)C)cc1OC. The summed E-state index contributed by atoms with van der Waals surface area (Å²) in [6, 6.07) is 5.33. The zero-order valence-electron chi connectivity index (χ0n) is 12.7. The van der Waals surface area contributed by atoms with E-state index in [1.807, 2.05) is 6.07 Å². The summed E-state index contributed by atoms with van der Waals surface area (Å²) in [5, 5.41) is 9.15. The zero-order chi connectivity index (χ0) is 16.7. The van der Waals surface area contributed by atoms with Gasteiger partial charge in [0.2, 0.25) is 0 Å². The second-order valence-electron chi connectivity index (χ2n) is 4.49. The molecule has 6 heteroatoms. The third-order valence-electron chi connectivity index (χ3n) is 2.70. The van der Waals surface area contributed by atoms with Crippen LogP contribution in [0.5, 0.6) is 11.5 Å². The number of nitrogens with zero attached hydrogens (tertiary/aromatic N) is 2. The monoisotopic (exact) mass is 364 g/mol. The van der Waals surface area contributed by atoms with Crippen molar-refractivity contribution in [1.29, 1.82) is 5.26 Å². The Balaban J connectivity index is 3.28. The Bertz CT molecular complexity index is 646. The first-order valence-electron chi connectivity index (χ1n) is 6.39. The number of carbonyl (C=O) groups is 1. The standard InChI is InChI=1S/C16H17BrN2O3/c1-5-6-22-15-9-13(17)11(8-14(15)21-4)7-12(10-18)16(20)19(2)3/h5,7-9H,1,6H2,2-4H3. The van der Waals surface area contributed by atoms with E-state index < -0.39 is 0 Å². The maximum atomic E-state index is 11.9. The number of carbonyl (C=O) groups excluding carboxylic acids is 1. The highest BCUT2D eigenvalue weighted by Crippen LogP contribution is 2.34. The largest absolute Gasteiger partial charge is 0.493 e. The average Bonchev–Trinajstić information content (AvgIpc) is 2.51. The molecule has 0 aliphatic heterocycles. The number of ether oxygens (including phenoxy) is 2. The third kappa shape index (κ3) is 4.37. The predicted molar refractivity (Wildman–Crippen MR) is 88.7 cm³/mol. The van der Waals surface area contributed by atoms with Gasteiger partial charge in [-0.3, -0.25) is 4.79 Å². The van der Waals surface area contributed by atoms with Gasteiger partial charge in [0.15, 0.2) is 11.5 Å². The molecule has 0 aromatic heterocycles. The molecule has 0 spiro atoms. The molecule has 0 heterocycles. The maximum Gasteiger partial charge on any atom is 0.264 e. The number of benzene rings is 1. The molecule has 0 unspecified atom stereocenters. The summed E-state index contributed by atoms with van der Waals surface area (Å²) in [6.45, 7) is 3.94. The molecule has 5 nitrogen and oxygen atoms in total. The number of hydrogen-bond acceptors (Lipinski definition) is 4. The van der Waals surface area contributed by atoms with Crippen LogP contribution in [0.4, 0.5) is 0 Å². The average molecular weight is 365 g/mol. The Hall–Kier alpha value is -2.26. The summed E-state index contributed by atoms with van der Waals surface area (Å²) in [5.74, 6) is 0.690. The molecule has 1 amide bonds. The molecule has 1 aromatic rings. The van der Waals surface area contributed by atoms with Crippen molar-refractivity contribution in [3.05, 3.63) is 40.4 Å². The van der Waals surface area contributed by atoms with Gasteiger partial charge in [-0.15, -0.1) is 0 Å². The molecule has 0 radical (unpaired) electrons. The van der Waals surface area contributed by atoms with Crippen molar-refractivity contribution >= 4 is 27.9 Å². The summed E-state index contributed by atoms with van der Waals surface area (Å²) < 4.78 is 11.5. The van der Waals surface area contributed by atoms with Crippen LogP contribution in [-0.2, 0) is 4.79 Å². The Morgan fingerprint density at radius 1 is 1.45 bits per heavy atom. The Kier molecular flexibility index (Phi) is 6.67. The number of likely N-dealkylation sites (N-methyl/N-ethyl adjacent to an activating group) is 1. The van der Waals surface area contributed by atoms with Crippen LogP contribution in [0.25, 0.3) is 6.08 Å². The van der Waals surface area contributed by atoms with Crippen molar-refractivity contribution in [1.82, 2.24) is 4.90 Å². The highest BCUT2D eigenvalue weighted by Gasteiger charge is 2.14. The van der Waals surface area contributed by atoms with Gasteiger partial charge in [-0.2, -0.15) is 5.26 Å². The third-order valence-corrected chi connectivity index (χ3v) is 3.38. The van der Waals surface area contributed by atoms with E-state index in [4.69, 9.17) is 14.7 Å². The van der Waals surface area contributed by atoms with Gasteiger partial charge in [0.25, 0.3) is 5.91 Å². The number of methoxy groups -OCH3 is 1. The van der Waals surface area contributed by atoms with E-state index in [-0.39, 0.29) is 11.5 Å². The van der Waals surface area contributed by atoms with Crippen molar-refractivity contribution < 1.29 is 14.3 Å². The van der Waals surface area contributed by atoms with E-state index in [9.17, 15) is 4.79 Å². The Morgan fingerprint density at radius 2 is 2.14 bits per heavy atom. The first-order chi connectivity index (χ1) is 10.4. The minimum atomic E-state index is -0.361. The van der Waals surface area contributed by atoms with E-state index in [0.29, 0.717) is 28.1 Å². The van der Waals surface area contributed by atoms with E-state index in [2.05, 4.69) is 22.5 Å². The van der Waals surface area contributed by atoms with Gasteiger partial charge in [-0.05, 0) is 23.8 Å². The minimum absolute atomic E-state index is 0.0347. The van der Waals surface area contributed by atoms with Gasteiger partial charge in [0, 0.05) is 18.6 Å². The lowest BCUT2D eigenvalue weighted by molar-refractivity contribution is -0.124. The maximum absolute atomic E-state index is 11.9. The lowest BCUT2D eigenvalue weighted by Crippen LogP contribution is -2.22. The Labute approximate surface area is 138 Å². The summed E-state index contributed by atoms with van der Waals surface area (Å²) in [4.78, 5) is 13.3. The lowest BCUT2D eigenvalue weighted by atomic mass is 10.1. The fourth-order valence-electron chi connectivity index (χ4n) is 1.62. The molecule has 0 aliphatic rings. The van der Waals surface area contributed by atoms with Crippen molar-refractivity contribution in [2.75, 3.05) is 27.8 Å². The summed E-state index contributed by atoms with van der Waals surface area (Å²) >= 11 is 3.41. The number of amides is 1. The van der Waals surface area contributed by atoms with Crippen LogP contribution in [0.1, 0.15) is 5.56 Å². The lowest BCUT2D eigenvalue weighted by Gasteiger charge is -2.12. The first kappa shape index (κ1) is 17.8. The molecular formula is C16H17BrN2O3. The normalized spacial score (nSPS) is 10.6. The molecule has 1 aromatic carbocycles. The zero-order valence-corrected chi connectivity index (χ0v) is 14.3. The second-order valence-corrected chi connectivity index (χ2v) is 5.35. The van der Waals surface area contributed by atoms with Crippen LogP contribution in [0.2, 0.25) is 0 Å². The highest BCUT2D eigenvalue weighted by molar-refractivity contribution is 9.10. The topological polar surface area (TPSA) is 62.6 Å². The molecular weight excluding hydrogens is 348 g/mol. The Morgan fingerprint density at radius 3 is 2.64 bits per heavy atom. The minimum Gasteiger partial charge on any atom is -0.493 e. The molecule has 22 heavy (non-hydrogen) atoms. The number of nitriles is 1. The fraction of sp³-hybridized carbons (Fsp3) is 0.250. The van der Waals surface area contributed by atoms with E-state index in [0.717, 1.165) is 0 Å². The van der Waals surface area contributed by atoms with Gasteiger partial charge in [0.05, 0.1) is 7.11 Å². The first-order valence-corrected chi connectivity index (χ1v) is 7.18. The van der Waals surface area contributed by atoms with Crippen LogP contribution in [0.15, 0.2) is 34.8 Å². The van der Waals surface area contributed by atoms with Crippen LogP contribution in [0, 0.1) is 11.3 Å². The molecule has 0 aliphatic carbocycles. The highest BCUT2D eigenvalue weighted by atomic mass is 79.9. The molecule has 0 fully saturated rings. The summed E-state index contributed by atoms with van der Waals surface area (Å²) in [7, 11) is 4.71. The van der Waals surface area contributed by atoms with Crippen LogP contribution in [0.3, 0.4) is 0 Å². The van der Waals surface area contributed by atoms with Crippen molar-refractivity contribution in [2.24, 2.45) is 0 Å². The summed E-state index contributed by atoms with van der Waals surface area (Å²) in [5.41, 5.74) is 0.682. The van der Waals surface area contributed by atoms with Crippen molar-refractivity contribution in [2.45, 2.75) is 0 Å². The van der Waals surface area contributed by atoms with Gasteiger partial charge >= 0.3 is 0 Å². The molecule has 0 atom stereocenters. The number of halogens is 1. The smallest absolute Gasteiger partial charge is 0.264 e. The number of hydrogen-bond donors (Lipinski definition) is 0. The van der Waals surface area contributed by atoms with Gasteiger partial charge in [0.1, 0.15) is 18.2 Å². The van der Waals surface area contributed by atoms with Gasteiger partial charge < -0.3 is 14.4 Å². The number of rotatable bonds is 6.